The number of phenols is 1. The number of hydrogen-bond acceptors (Lipinski definition) is 4. The zero-order valence-electron chi connectivity index (χ0n) is 9.51. The second-order valence-electron chi connectivity index (χ2n) is 3.77. The van der Waals surface area contributed by atoms with E-state index in [4.69, 9.17) is 0 Å². The Bertz CT molecular complexity index is 652. The fraction of sp³-hybridized carbons (Fsp3) is 0.0833. The lowest BCUT2D eigenvalue weighted by molar-refractivity contribution is -0.383. The van der Waals surface area contributed by atoms with Gasteiger partial charge in [-0.25, -0.2) is 0 Å². The van der Waals surface area contributed by atoms with Crippen LogP contribution in [0.5, 0.6) is 5.75 Å². The summed E-state index contributed by atoms with van der Waals surface area (Å²) in [6, 6.07) is 7.16. The summed E-state index contributed by atoms with van der Waals surface area (Å²) in [7, 11) is 0. The van der Waals surface area contributed by atoms with Gasteiger partial charge in [0, 0.05) is 13.0 Å². The average Bonchev–Trinajstić information content (AvgIpc) is 2.28. The van der Waals surface area contributed by atoms with Gasteiger partial charge < -0.3 is 10.4 Å². The number of phenolic OH excluding ortho intramolecular Hbond substituents is 1. The Hall–Kier alpha value is -2.63. The third-order valence-corrected chi connectivity index (χ3v) is 2.50. The Morgan fingerprint density at radius 1 is 1.33 bits per heavy atom. The summed E-state index contributed by atoms with van der Waals surface area (Å²) in [4.78, 5) is 21.4. The van der Waals surface area contributed by atoms with Crippen LogP contribution < -0.4 is 5.32 Å². The number of aromatic hydroxyl groups is 1. The van der Waals surface area contributed by atoms with Gasteiger partial charge in [-0.1, -0.05) is 6.07 Å². The second kappa shape index (κ2) is 4.33. The van der Waals surface area contributed by atoms with Gasteiger partial charge in [0.05, 0.1) is 21.4 Å². The standard InChI is InChI=1S/C12H10N2O4/c1-7(15)13-9-5-6-10(14(17)18)8-3-2-4-11(16)12(8)9/h2-6,16H,1H3,(H,13,15). The smallest absolute Gasteiger partial charge is 0.277 e. The van der Waals surface area contributed by atoms with Crippen LogP contribution in [-0.2, 0) is 4.79 Å². The van der Waals surface area contributed by atoms with Crippen molar-refractivity contribution in [1.29, 1.82) is 0 Å². The summed E-state index contributed by atoms with van der Waals surface area (Å²) in [6.45, 7) is 1.33. The Morgan fingerprint density at radius 3 is 2.67 bits per heavy atom. The molecule has 0 spiro atoms. The molecule has 92 valence electrons. The van der Waals surface area contributed by atoms with Crippen molar-refractivity contribution in [3.8, 4) is 5.75 Å². The maximum Gasteiger partial charge on any atom is 0.277 e. The zero-order valence-corrected chi connectivity index (χ0v) is 9.51. The maximum absolute atomic E-state index is 11.1. The first-order valence-corrected chi connectivity index (χ1v) is 5.17. The molecule has 0 bridgehead atoms. The number of carbonyl (C=O) groups is 1. The molecule has 0 aliphatic heterocycles. The molecule has 0 saturated carbocycles. The number of nitro groups is 1. The number of anilines is 1. The summed E-state index contributed by atoms with van der Waals surface area (Å²) in [5.41, 5.74) is 0.233. The van der Waals surface area contributed by atoms with Crippen LogP contribution in [0.15, 0.2) is 30.3 Å². The highest BCUT2D eigenvalue weighted by atomic mass is 16.6. The minimum absolute atomic E-state index is 0.111. The number of amides is 1. The number of non-ortho nitro benzene ring substituents is 1. The van der Waals surface area contributed by atoms with Crippen molar-refractivity contribution >= 4 is 28.1 Å². The van der Waals surface area contributed by atoms with E-state index in [1.54, 1.807) is 0 Å². The van der Waals surface area contributed by atoms with Crippen molar-refractivity contribution in [2.75, 3.05) is 5.32 Å². The number of fused-ring (bicyclic) bond motifs is 1. The van der Waals surface area contributed by atoms with E-state index in [0.717, 1.165) is 0 Å². The number of nitro benzene ring substituents is 1. The summed E-state index contributed by atoms with van der Waals surface area (Å²) < 4.78 is 0. The van der Waals surface area contributed by atoms with Crippen molar-refractivity contribution in [2.24, 2.45) is 0 Å². The van der Waals surface area contributed by atoms with Crippen molar-refractivity contribution in [1.82, 2.24) is 0 Å². The van der Waals surface area contributed by atoms with E-state index in [1.807, 2.05) is 0 Å². The summed E-state index contributed by atoms with van der Waals surface area (Å²) in [5.74, 6) is -0.423. The molecular formula is C12H10N2O4. The quantitative estimate of drug-likeness (QED) is 0.628. The van der Waals surface area contributed by atoms with Crippen LogP contribution in [0.3, 0.4) is 0 Å². The molecule has 0 aliphatic carbocycles. The molecule has 0 aliphatic rings. The molecule has 2 rings (SSSR count). The van der Waals surface area contributed by atoms with E-state index in [2.05, 4.69) is 5.32 Å². The van der Waals surface area contributed by atoms with Crippen molar-refractivity contribution < 1.29 is 14.8 Å². The van der Waals surface area contributed by atoms with Crippen LogP contribution >= 0.6 is 0 Å². The predicted octanol–water partition coefficient (Wildman–Crippen LogP) is 2.41. The molecule has 0 atom stereocenters. The van der Waals surface area contributed by atoms with Gasteiger partial charge in [-0.15, -0.1) is 0 Å². The number of carbonyl (C=O) groups excluding carboxylic acids is 1. The van der Waals surface area contributed by atoms with Gasteiger partial charge in [0.2, 0.25) is 5.91 Å². The van der Waals surface area contributed by atoms with Crippen LogP contribution in [0, 0.1) is 10.1 Å². The monoisotopic (exact) mass is 246 g/mol. The van der Waals surface area contributed by atoms with Gasteiger partial charge in [-0.3, -0.25) is 14.9 Å². The first-order valence-electron chi connectivity index (χ1n) is 5.17. The second-order valence-corrected chi connectivity index (χ2v) is 3.77. The summed E-state index contributed by atoms with van der Waals surface area (Å²) >= 11 is 0. The molecule has 0 aromatic heterocycles. The van der Waals surface area contributed by atoms with E-state index in [1.165, 1.54) is 37.3 Å². The molecule has 0 unspecified atom stereocenters. The molecule has 0 heterocycles. The van der Waals surface area contributed by atoms with Gasteiger partial charge in [0.15, 0.2) is 0 Å². The highest BCUT2D eigenvalue weighted by Crippen LogP contribution is 2.36. The Balaban J connectivity index is 2.80. The van der Waals surface area contributed by atoms with E-state index in [-0.39, 0.29) is 28.1 Å². The van der Waals surface area contributed by atoms with Gasteiger partial charge in [-0.2, -0.15) is 0 Å². The molecule has 1 amide bonds. The van der Waals surface area contributed by atoms with Crippen molar-refractivity contribution in [2.45, 2.75) is 6.92 Å². The average molecular weight is 246 g/mol. The summed E-state index contributed by atoms with van der Waals surface area (Å²) in [5, 5.41) is 23.8. The Kier molecular flexibility index (Phi) is 2.85. The van der Waals surface area contributed by atoms with E-state index < -0.39 is 4.92 Å². The number of benzene rings is 2. The van der Waals surface area contributed by atoms with Crippen molar-refractivity contribution in [3.63, 3.8) is 0 Å². The van der Waals surface area contributed by atoms with Crippen LogP contribution in [0.1, 0.15) is 6.92 Å². The molecule has 2 aromatic rings. The third kappa shape index (κ3) is 1.95. The third-order valence-electron chi connectivity index (χ3n) is 2.50. The molecule has 0 fully saturated rings. The lowest BCUT2D eigenvalue weighted by Crippen LogP contribution is -2.06. The van der Waals surface area contributed by atoms with Gasteiger partial charge in [0.25, 0.3) is 5.69 Å². The highest BCUT2D eigenvalue weighted by molar-refractivity contribution is 6.07. The lowest BCUT2D eigenvalue weighted by atomic mass is 10.1. The number of rotatable bonds is 2. The van der Waals surface area contributed by atoms with E-state index in [0.29, 0.717) is 5.69 Å². The topological polar surface area (TPSA) is 92.5 Å². The van der Waals surface area contributed by atoms with E-state index in [9.17, 15) is 20.0 Å². The normalized spacial score (nSPS) is 10.3. The summed E-state index contributed by atoms with van der Waals surface area (Å²) in [6.07, 6.45) is 0. The van der Waals surface area contributed by atoms with Gasteiger partial charge >= 0.3 is 0 Å². The van der Waals surface area contributed by atoms with Crippen molar-refractivity contribution in [3.05, 3.63) is 40.4 Å². The fourth-order valence-corrected chi connectivity index (χ4v) is 1.83. The van der Waals surface area contributed by atoms with Crippen LogP contribution in [0.2, 0.25) is 0 Å². The predicted molar refractivity (Wildman–Crippen MR) is 66.6 cm³/mol. The number of nitrogens with zero attached hydrogens (tertiary/aromatic N) is 1. The van der Waals surface area contributed by atoms with Crippen LogP contribution in [-0.4, -0.2) is 15.9 Å². The molecule has 18 heavy (non-hydrogen) atoms. The van der Waals surface area contributed by atoms with Gasteiger partial charge in [-0.05, 0) is 18.2 Å². The van der Waals surface area contributed by atoms with E-state index >= 15 is 0 Å². The fourth-order valence-electron chi connectivity index (χ4n) is 1.83. The Labute approximate surface area is 102 Å². The molecule has 0 radical (unpaired) electrons. The zero-order chi connectivity index (χ0) is 13.3. The Morgan fingerprint density at radius 2 is 2.06 bits per heavy atom. The maximum atomic E-state index is 11.1. The molecule has 2 N–H and O–H groups in total. The van der Waals surface area contributed by atoms with Crippen LogP contribution in [0.25, 0.3) is 10.8 Å². The molecule has 2 aromatic carbocycles. The first kappa shape index (κ1) is 11.8. The molecule has 6 heteroatoms. The SMILES string of the molecule is CC(=O)Nc1ccc([N+](=O)[O-])c2cccc(O)c12. The highest BCUT2D eigenvalue weighted by Gasteiger charge is 2.16. The largest absolute Gasteiger partial charge is 0.507 e. The number of nitrogens with one attached hydrogen (secondary N) is 1. The minimum Gasteiger partial charge on any atom is -0.507 e. The van der Waals surface area contributed by atoms with Crippen LogP contribution in [0.4, 0.5) is 11.4 Å². The first-order chi connectivity index (χ1) is 8.50. The minimum atomic E-state index is -0.528. The lowest BCUT2D eigenvalue weighted by Gasteiger charge is -2.08. The molecular weight excluding hydrogens is 236 g/mol. The molecule has 0 saturated heterocycles. The number of hydrogen-bond donors (Lipinski definition) is 2. The molecule has 6 nitrogen and oxygen atoms in total. The van der Waals surface area contributed by atoms with Gasteiger partial charge in [0.1, 0.15) is 5.75 Å².